The van der Waals surface area contributed by atoms with Crippen LogP contribution in [0, 0.1) is 5.82 Å². The standard InChI is InChI=1S/C30H33FN2O4/c1-36-27-13-7-8-14-28(27)37-21-29(34)33(20-23-15-17-24(31)18-16-23)26(19-22-9-3-2-4-10-22)30(35)32-25-11-5-6-12-25/h2-4,7-10,13-18,25-26H,5-6,11-12,19-21H2,1H3,(H,32,35)/t26-/m1/s1. The lowest BCUT2D eigenvalue weighted by molar-refractivity contribution is -0.143. The zero-order chi connectivity index (χ0) is 26.0. The minimum Gasteiger partial charge on any atom is -0.493 e. The van der Waals surface area contributed by atoms with Gasteiger partial charge in [-0.3, -0.25) is 9.59 Å². The van der Waals surface area contributed by atoms with Gasteiger partial charge < -0.3 is 19.7 Å². The van der Waals surface area contributed by atoms with Crippen molar-refractivity contribution in [2.45, 2.75) is 50.7 Å². The molecule has 0 aromatic heterocycles. The molecule has 1 N–H and O–H groups in total. The van der Waals surface area contributed by atoms with Crippen LogP contribution in [0.15, 0.2) is 78.9 Å². The fourth-order valence-corrected chi connectivity index (χ4v) is 4.67. The van der Waals surface area contributed by atoms with E-state index >= 15 is 0 Å². The van der Waals surface area contributed by atoms with Crippen LogP contribution in [0.5, 0.6) is 11.5 Å². The summed E-state index contributed by atoms with van der Waals surface area (Å²) in [4.78, 5) is 28.9. The third kappa shape index (κ3) is 7.32. The molecule has 0 aliphatic heterocycles. The molecule has 1 aliphatic carbocycles. The van der Waals surface area contributed by atoms with Crippen molar-refractivity contribution in [2.75, 3.05) is 13.7 Å². The van der Waals surface area contributed by atoms with Crippen molar-refractivity contribution < 1.29 is 23.5 Å². The lowest BCUT2D eigenvalue weighted by Gasteiger charge is -2.32. The highest BCUT2D eigenvalue weighted by Gasteiger charge is 2.32. The molecule has 0 radical (unpaired) electrons. The molecule has 1 atom stereocenters. The van der Waals surface area contributed by atoms with Crippen LogP contribution in [0.2, 0.25) is 0 Å². The molecule has 0 unspecified atom stereocenters. The number of nitrogens with zero attached hydrogens (tertiary/aromatic N) is 1. The normalized spacial score (nSPS) is 14.1. The lowest BCUT2D eigenvalue weighted by atomic mass is 10.0. The van der Waals surface area contributed by atoms with Gasteiger partial charge in [0.1, 0.15) is 11.9 Å². The number of ether oxygens (including phenoxy) is 2. The summed E-state index contributed by atoms with van der Waals surface area (Å²) in [5.74, 6) is 0.0532. The van der Waals surface area contributed by atoms with E-state index in [2.05, 4.69) is 5.32 Å². The van der Waals surface area contributed by atoms with Gasteiger partial charge in [-0.15, -0.1) is 0 Å². The van der Waals surface area contributed by atoms with Gasteiger partial charge in [0, 0.05) is 19.0 Å². The zero-order valence-corrected chi connectivity index (χ0v) is 21.1. The average molecular weight is 505 g/mol. The Morgan fingerprint density at radius 3 is 2.24 bits per heavy atom. The first kappa shape index (κ1) is 26.2. The maximum atomic E-state index is 13.7. The largest absolute Gasteiger partial charge is 0.493 e. The number of benzene rings is 3. The molecular formula is C30H33FN2O4. The first-order chi connectivity index (χ1) is 18.0. The third-order valence-corrected chi connectivity index (χ3v) is 6.66. The van der Waals surface area contributed by atoms with Gasteiger partial charge in [-0.25, -0.2) is 4.39 Å². The van der Waals surface area contributed by atoms with Gasteiger partial charge in [0.25, 0.3) is 5.91 Å². The van der Waals surface area contributed by atoms with E-state index in [1.54, 1.807) is 35.2 Å². The molecule has 3 aromatic carbocycles. The highest BCUT2D eigenvalue weighted by atomic mass is 19.1. The van der Waals surface area contributed by atoms with Crippen LogP contribution in [0.25, 0.3) is 0 Å². The van der Waals surface area contributed by atoms with E-state index in [0.717, 1.165) is 36.8 Å². The number of hydrogen-bond acceptors (Lipinski definition) is 4. The van der Waals surface area contributed by atoms with Crippen molar-refractivity contribution in [1.82, 2.24) is 10.2 Å². The number of amides is 2. The molecule has 0 spiro atoms. The van der Waals surface area contributed by atoms with Gasteiger partial charge in [0.15, 0.2) is 18.1 Å². The number of halogens is 1. The Morgan fingerprint density at radius 2 is 1.57 bits per heavy atom. The van der Waals surface area contributed by atoms with Crippen molar-refractivity contribution in [2.24, 2.45) is 0 Å². The molecule has 2 amide bonds. The van der Waals surface area contributed by atoms with Crippen LogP contribution in [0.4, 0.5) is 4.39 Å². The maximum absolute atomic E-state index is 13.7. The molecule has 1 saturated carbocycles. The molecule has 3 aromatic rings. The molecular weight excluding hydrogens is 471 g/mol. The summed E-state index contributed by atoms with van der Waals surface area (Å²) >= 11 is 0. The minimum atomic E-state index is -0.762. The number of methoxy groups -OCH3 is 1. The first-order valence-electron chi connectivity index (χ1n) is 12.7. The topological polar surface area (TPSA) is 67.9 Å². The van der Waals surface area contributed by atoms with Crippen molar-refractivity contribution in [3.63, 3.8) is 0 Å². The third-order valence-electron chi connectivity index (χ3n) is 6.66. The lowest BCUT2D eigenvalue weighted by Crippen LogP contribution is -2.53. The number of carbonyl (C=O) groups is 2. The van der Waals surface area contributed by atoms with Crippen molar-refractivity contribution in [3.05, 3.63) is 95.8 Å². The van der Waals surface area contributed by atoms with Gasteiger partial charge in [-0.1, -0.05) is 67.4 Å². The predicted molar refractivity (Wildman–Crippen MR) is 140 cm³/mol. The van der Waals surface area contributed by atoms with Crippen molar-refractivity contribution in [1.29, 1.82) is 0 Å². The van der Waals surface area contributed by atoms with Crippen LogP contribution < -0.4 is 14.8 Å². The van der Waals surface area contributed by atoms with Gasteiger partial charge in [0.05, 0.1) is 7.11 Å². The number of rotatable bonds is 11. The summed E-state index contributed by atoms with van der Waals surface area (Å²) in [6.07, 6.45) is 4.39. The Kier molecular flexibility index (Phi) is 9.13. The summed E-state index contributed by atoms with van der Waals surface area (Å²) in [7, 11) is 1.54. The number of nitrogens with one attached hydrogen (secondary N) is 1. The summed E-state index contributed by atoms with van der Waals surface area (Å²) in [5.41, 5.74) is 1.66. The Bertz CT molecular complexity index is 1160. The van der Waals surface area contributed by atoms with Crippen molar-refractivity contribution in [3.8, 4) is 11.5 Å². The van der Waals surface area contributed by atoms with Gasteiger partial charge in [-0.2, -0.15) is 0 Å². The molecule has 0 bridgehead atoms. The second kappa shape index (κ2) is 12.9. The van der Waals surface area contributed by atoms with Crippen LogP contribution >= 0.6 is 0 Å². The van der Waals surface area contributed by atoms with Crippen LogP contribution in [0.1, 0.15) is 36.8 Å². The van der Waals surface area contributed by atoms with Crippen molar-refractivity contribution >= 4 is 11.8 Å². The van der Waals surface area contributed by atoms with E-state index in [9.17, 15) is 14.0 Å². The van der Waals surface area contributed by atoms with E-state index in [4.69, 9.17) is 9.47 Å². The predicted octanol–water partition coefficient (Wildman–Crippen LogP) is 4.91. The van der Waals surface area contributed by atoms with Gasteiger partial charge in [0.2, 0.25) is 5.91 Å². The van der Waals surface area contributed by atoms with Gasteiger partial charge >= 0.3 is 0 Å². The van der Waals surface area contributed by atoms with Crippen LogP contribution in [-0.2, 0) is 22.6 Å². The Morgan fingerprint density at radius 1 is 0.919 bits per heavy atom. The SMILES string of the molecule is COc1ccccc1OCC(=O)N(Cc1ccc(F)cc1)[C@H](Cc1ccccc1)C(=O)NC1CCCC1. The van der Waals surface area contributed by atoms with Gasteiger partial charge in [-0.05, 0) is 48.2 Å². The maximum Gasteiger partial charge on any atom is 0.261 e. The molecule has 0 heterocycles. The summed E-state index contributed by atoms with van der Waals surface area (Å²) < 4.78 is 24.8. The highest BCUT2D eigenvalue weighted by molar-refractivity contribution is 5.88. The minimum absolute atomic E-state index is 0.110. The molecule has 1 fully saturated rings. The molecule has 0 saturated heterocycles. The summed E-state index contributed by atoms with van der Waals surface area (Å²) in [6, 6.07) is 22.1. The second-order valence-corrected chi connectivity index (χ2v) is 9.28. The molecule has 7 heteroatoms. The van der Waals surface area contributed by atoms with E-state index in [1.165, 1.54) is 19.2 Å². The smallest absolute Gasteiger partial charge is 0.261 e. The Labute approximate surface area is 217 Å². The summed E-state index contributed by atoms with van der Waals surface area (Å²) in [6.45, 7) is -0.131. The molecule has 1 aliphatic rings. The van der Waals surface area contributed by atoms with Crippen LogP contribution in [-0.4, -0.2) is 42.5 Å². The molecule has 37 heavy (non-hydrogen) atoms. The molecule has 4 rings (SSSR count). The fraction of sp³-hybridized carbons (Fsp3) is 0.333. The van der Waals surface area contributed by atoms with Crippen LogP contribution in [0.3, 0.4) is 0 Å². The summed E-state index contributed by atoms with van der Waals surface area (Å²) in [5, 5.41) is 3.17. The van der Waals surface area contributed by atoms with E-state index in [-0.39, 0.29) is 36.8 Å². The Hall–Kier alpha value is -3.87. The molecule has 6 nitrogen and oxygen atoms in total. The molecule has 194 valence electrons. The first-order valence-corrected chi connectivity index (χ1v) is 12.7. The number of hydrogen-bond donors (Lipinski definition) is 1. The second-order valence-electron chi connectivity index (χ2n) is 9.28. The average Bonchev–Trinajstić information content (AvgIpc) is 3.44. The zero-order valence-electron chi connectivity index (χ0n) is 21.1. The highest BCUT2D eigenvalue weighted by Crippen LogP contribution is 2.26. The quantitative estimate of drug-likeness (QED) is 0.403. The Balaban J connectivity index is 1.61. The van der Waals surface area contributed by atoms with E-state index < -0.39 is 6.04 Å². The number of para-hydroxylation sites is 2. The monoisotopic (exact) mass is 504 g/mol. The fourth-order valence-electron chi connectivity index (χ4n) is 4.67. The van der Waals surface area contributed by atoms with E-state index in [0.29, 0.717) is 17.9 Å². The van der Waals surface area contributed by atoms with E-state index in [1.807, 2.05) is 36.4 Å². The number of carbonyl (C=O) groups excluding carboxylic acids is 2.